The first-order valence-corrected chi connectivity index (χ1v) is 5.15. The van der Waals surface area contributed by atoms with Gasteiger partial charge in [-0.05, 0) is 35.0 Å². The Balaban J connectivity index is 3.11. The molecule has 0 heterocycles. The molecule has 0 aliphatic carbocycles. The van der Waals surface area contributed by atoms with Crippen LogP contribution >= 0.6 is 27.5 Å². The van der Waals surface area contributed by atoms with Gasteiger partial charge in [-0.1, -0.05) is 11.6 Å². The molecule has 76 valence electrons. The first kappa shape index (κ1) is 11.3. The van der Waals surface area contributed by atoms with E-state index in [-0.39, 0.29) is 0 Å². The quantitative estimate of drug-likeness (QED) is 0.668. The van der Waals surface area contributed by atoms with Gasteiger partial charge in [0, 0.05) is 0 Å². The molecule has 0 saturated carbocycles. The second-order valence-electron chi connectivity index (χ2n) is 2.54. The van der Waals surface area contributed by atoms with Crippen molar-refractivity contribution in [3.8, 4) is 0 Å². The fourth-order valence-corrected chi connectivity index (χ4v) is 1.72. The molecule has 1 aromatic carbocycles. The average Bonchev–Trinajstić information content (AvgIpc) is 2.15. The molecule has 0 amide bonds. The zero-order valence-electron chi connectivity index (χ0n) is 7.51. The number of ether oxygens (including phenoxy) is 1. The van der Waals surface area contributed by atoms with Gasteiger partial charge in [-0.3, -0.25) is 0 Å². The Labute approximate surface area is 95.3 Å². The van der Waals surface area contributed by atoms with Crippen molar-refractivity contribution < 1.29 is 9.53 Å². The van der Waals surface area contributed by atoms with Crippen LogP contribution in [-0.2, 0) is 4.74 Å². The third-order valence-electron chi connectivity index (χ3n) is 1.62. The van der Waals surface area contributed by atoms with Crippen molar-refractivity contribution in [2.45, 2.75) is 6.92 Å². The van der Waals surface area contributed by atoms with E-state index in [1.807, 2.05) is 0 Å². The maximum Gasteiger partial charge on any atom is 0.339 e. The number of rotatable bonds is 2. The lowest BCUT2D eigenvalue weighted by Gasteiger charge is -2.07. The summed E-state index contributed by atoms with van der Waals surface area (Å²) < 4.78 is 5.31. The molecule has 5 heteroatoms. The molecule has 0 aliphatic rings. The van der Waals surface area contributed by atoms with Crippen molar-refractivity contribution in [2.75, 3.05) is 12.3 Å². The van der Waals surface area contributed by atoms with Gasteiger partial charge in [-0.15, -0.1) is 0 Å². The lowest BCUT2D eigenvalue weighted by molar-refractivity contribution is 0.0525. The summed E-state index contributed by atoms with van der Waals surface area (Å²) in [6, 6.07) is 3.13. The summed E-state index contributed by atoms with van der Waals surface area (Å²) in [6.45, 7) is 2.07. The van der Waals surface area contributed by atoms with Crippen LogP contribution in [0.1, 0.15) is 17.3 Å². The second-order valence-corrected chi connectivity index (χ2v) is 3.74. The van der Waals surface area contributed by atoms with Crippen molar-refractivity contribution in [3.63, 3.8) is 0 Å². The first-order chi connectivity index (χ1) is 6.57. The fraction of sp³-hybridized carbons (Fsp3) is 0.222. The van der Waals surface area contributed by atoms with Gasteiger partial charge in [0.05, 0.1) is 27.4 Å². The largest absolute Gasteiger partial charge is 0.462 e. The summed E-state index contributed by atoms with van der Waals surface area (Å²) in [4.78, 5) is 11.4. The van der Waals surface area contributed by atoms with E-state index in [2.05, 4.69) is 15.9 Å². The molecule has 14 heavy (non-hydrogen) atoms. The first-order valence-electron chi connectivity index (χ1n) is 3.98. The van der Waals surface area contributed by atoms with Crippen LogP contribution in [0.3, 0.4) is 0 Å². The average molecular weight is 279 g/mol. The predicted molar refractivity (Wildman–Crippen MR) is 59.5 cm³/mol. The third-order valence-corrected chi connectivity index (χ3v) is 2.81. The normalized spacial score (nSPS) is 9.93. The van der Waals surface area contributed by atoms with Crippen LogP contribution in [0.4, 0.5) is 5.69 Å². The Morgan fingerprint density at radius 3 is 2.86 bits per heavy atom. The number of hydrogen-bond donors (Lipinski definition) is 1. The van der Waals surface area contributed by atoms with Gasteiger partial charge >= 0.3 is 5.97 Å². The number of carbonyl (C=O) groups excluding carboxylic acids is 1. The van der Waals surface area contributed by atoms with Crippen LogP contribution < -0.4 is 5.73 Å². The molecule has 1 aromatic rings. The van der Waals surface area contributed by atoms with Gasteiger partial charge in [0.25, 0.3) is 0 Å². The second kappa shape index (κ2) is 4.66. The molecule has 0 spiro atoms. The van der Waals surface area contributed by atoms with Crippen LogP contribution in [0, 0.1) is 0 Å². The minimum atomic E-state index is -0.414. The maximum atomic E-state index is 11.4. The van der Waals surface area contributed by atoms with Crippen LogP contribution in [0.2, 0.25) is 5.02 Å². The highest BCUT2D eigenvalue weighted by Crippen LogP contribution is 2.31. The van der Waals surface area contributed by atoms with E-state index < -0.39 is 5.97 Å². The summed E-state index contributed by atoms with van der Waals surface area (Å²) >= 11 is 8.95. The number of esters is 1. The van der Waals surface area contributed by atoms with Crippen molar-refractivity contribution in [2.24, 2.45) is 0 Å². The summed E-state index contributed by atoms with van der Waals surface area (Å²) in [6.07, 6.45) is 0. The molecule has 3 nitrogen and oxygen atoms in total. The van der Waals surface area contributed by atoms with Crippen LogP contribution in [0.25, 0.3) is 0 Å². The highest BCUT2D eigenvalue weighted by atomic mass is 79.9. The van der Waals surface area contributed by atoms with E-state index in [1.165, 1.54) is 0 Å². The van der Waals surface area contributed by atoms with Gasteiger partial charge in [0.1, 0.15) is 0 Å². The lowest BCUT2D eigenvalue weighted by Crippen LogP contribution is -2.06. The number of nitrogens with two attached hydrogens (primary N) is 1. The fourth-order valence-electron chi connectivity index (χ4n) is 0.936. The number of benzene rings is 1. The van der Waals surface area contributed by atoms with Gasteiger partial charge in [0.15, 0.2) is 0 Å². The Morgan fingerprint density at radius 1 is 1.64 bits per heavy atom. The SMILES string of the molecule is CCOC(=O)c1ccc(Cl)c(N)c1Br. The standard InChI is InChI=1S/C9H9BrClNO2/c1-2-14-9(13)5-3-4-6(11)8(12)7(5)10/h3-4H,2,12H2,1H3. The Kier molecular flexibility index (Phi) is 3.77. The Hall–Kier alpha value is -0.740. The molecule has 0 bridgehead atoms. The maximum absolute atomic E-state index is 11.4. The number of carbonyl (C=O) groups is 1. The molecular weight excluding hydrogens is 269 g/mol. The molecule has 2 N–H and O–H groups in total. The number of nitrogen functional groups attached to an aromatic ring is 1. The molecule has 0 unspecified atom stereocenters. The molecule has 0 radical (unpaired) electrons. The van der Waals surface area contributed by atoms with Crippen LogP contribution in [0.5, 0.6) is 0 Å². The lowest BCUT2D eigenvalue weighted by atomic mass is 10.2. The molecule has 0 saturated heterocycles. The highest BCUT2D eigenvalue weighted by Gasteiger charge is 2.14. The van der Waals surface area contributed by atoms with Gasteiger partial charge in [-0.2, -0.15) is 0 Å². The summed E-state index contributed by atoms with van der Waals surface area (Å²) in [7, 11) is 0. The minimum Gasteiger partial charge on any atom is -0.462 e. The predicted octanol–water partition coefficient (Wildman–Crippen LogP) is 2.86. The van der Waals surface area contributed by atoms with Gasteiger partial charge in [-0.25, -0.2) is 4.79 Å². The van der Waals surface area contributed by atoms with E-state index in [4.69, 9.17) is 22.1 Å². The number of halogens is 2. The summed E-state index contributed by atoms with van der Waals surface area (Å²) in [5, 5.41) is 0.407. The summed E-state index contributed by atoms with van der Waals surface area (Å²) in [5.74, 6) is -0.414. The van der Waals surface area contributed by atoms with E-state index in [0.717, 1.165) is 0 Å². The van der Waals surface area contributed by atoms with Crippen LogP contribution in [-0.4, -0.2) is 12.6 Å². The topological polar surface area (TPSA) is 52.3 Å². The monoisotopic (exact) mass is 277 g/mol. The number of hydrogen-bond acceptors (Lipinski definition) is 3. The Morgan fingerprint density at radius 2 is 2.29 bits per heavy atom. The van der Waals surface area contributed by atoms with Gasteiger partial charge < -0.3 is 10.5 Å². The third kappa shape index (κ3) is 2.19. The molecule has 0 atom stereocenters. The summed E-state index contributed by atoms with van der Waals surface area (Å²) in [5.41, 5.74) is 6.36. The van der Waals surface area contributed by atoms with Crippen molar-refractivity contribution in [1.82, 2.24) is 0 Å². The Bertz CT molecular complexity index is 368. The van der Waals surface area contributed by atoms with Crippen molar-refractivity contribution >= 4 is 39.2 Å². The minimum absolute atomic E-state index is 0.327. The van der Waals surface area contributed by atoms with E-state index in [1.54, 1.807) is 19.1 Å². The molecular formula is C9H9BrClNO2. The van der Waals surface area contributed by atoms with E-state index in [0.29, 0.717) is 27.4 Å². The molecule has 1 rings (SSSR count). The van der Waals surface area contributed by atoms with Gasteiger partial charge in [0.2, 0.25) is 0 Å². The molecule has 0 aliphatic heterocycles. The van der Waals surface area contributed by atoms with Crippen LogP contribution in [0.15, 0.2) is 16.6 Å². The zero-order chi connectivity index (χ0) is 10.7. The number of anilines is 1. The highest BCUT2D eigenvalue weighted by molar-refractivity contribution is 9.10. The van der Waals surface area contributed by atoms with E-state index >= 15 is 0 Å². The smallest absolute Gasteiger partial charge is 0.339 e. The van der Waals surface area contributed by atoms with E-state index in [9.17, 15) is 4.79 Å². The molecule has 0 aromatic heterocycles. The zero-order valence-corrected chi connectivity index (χ0v) is 9.85. The van der Waals surface area contributed by atoms with Crippen molar-refractivity contribution in [1.29, 1.82) is 0 Å². The van der Waals surface area contributed by atoms with Crippen molar-refractivity contribution in [3.05, 3.63) is 27.2 Å². The molecule has 0 fully saturated rings.